The van der Waals surface area contributed by atoms with Crippen molar-refractivity contribution in [2.45, 2.75) is 25.8 Å². The monoisotopic (exact) mass is 332 g/mol. The minimum atomic E-state index is -0.572. The van der Waals surface area contributed by atoms with E-state index in [0.717, 1.165) is 32.0 Å². The maximum absolute atomic E-state index is 14.0. The minimum Gasteiger partial charge on any atom is -0.396 e. The summed E-state index contributed by atoms with van der Waals surface area (Å²) in [6.07, 6.45) is 5.75. The van der Waals surface area contributed by atoms with E-state index in [-0.39, 0.29) is 12.0 Å². The van der Waals surface area contributed by atoms with Gasteiger partial charge < -0.3 is 5.11 Å². The molecule has 1 N–H and O–H groups in total. The molecule has 0 aliphatic carbocycles. The summed E-state index contributed by atoms with van der Waals surface area (Å²) in [6.45, 7) is 2.44. The highest BCUT2D eigenvalue weighted by Crippen LogP contribution is 2.34. The van der Waals surface area contributed by atoms with E-state index in [2.05, 4.69) is 9.88 Å². The molecule has 2 heterocycles. The first-order chi connectivity index (χ1) is 11.6. The normalized spacial score (nSPS) is 21.8. The van der Waals surface area contributed by atoms with Gasteiger partial charge in [0.2, 0.25) is 0 Å². The molecule has 3 rings (SSSR count). The number of piperidine rings is 1. The van der Waals surface area contributed by atoms with Gasteiger partial charge in [0.15, 0.2) is 0 Å². The Morgan fingerprint density at radius 2 is 1.96 bits per heavy atom. The van der Waals surface area contributed by atoms with Gasteiger partial charge in [-0.2, -0.15) is 0 Å². The van der Waals surface area contributed by atoms with Crippen molar-refractivity contribution in [2.75, 3.05) is 19.7 Å². The average molecular weight is 332 g/mol. The third kappa shape index (κ3) is 3.97. The van der Waals surface area contributed by atoms with Gasteiger partial charge in [-0.1, -0.05) is 6.07 Å². The van der Waals surface area contributed by atoms with E-state index in [1.165, 1.54) is 17.7 Å². The van der Waals surface area contributed by atoms with Gasteiger partial charge in [-0.25, -0.2) is 8.78 Å². The van der Waals surface area contributed by atoms with Crippen LogP contribution in [0.2, 0.25) is 0 Å². The van der Waals surface area contributed by atoms with Crippen LogP contribution in [0, 0.1) is 17.0 Å². The van der Waals surface area contributed by atoms with E-state index in [0.29, 0.717) is 18.5 Å². The van der Waals surface area contributed by atoms with E-state index >= 15 is 0 Å². The lowest BCUT2D eigenvalue weighted by atomic mass is 9.75. The second-order valence-corrected chi connectivity index (χ2v) is 6.74. The zero-order valence-electron chi connectivity index (χ0n) is 13.6. The van der Waals surface area contributed by atoms with Crippen LogP contribution >= 0.6 is 0 Å². The van der Waals surface area contributed by atoms with Gasteiger partial charge in [0.25, 0.3) is 0 Å². The van der Waals surface area contributed by atoms with Gasteiger partial charge in [0.05, 0.1) is 6.61 Å². The largest absolute Gasteiger partial charge is 0.396 e. The molecule has 1 aliphatic rings. The number of aliphatic hydroxyl groups excluding tert-OH is 1. The van der Waals surface area contributed by atoms with Crippen molar-refractivity contribution in [1.82, 2.24) is 9.88 Å². The number of likely N-dealkylation sites (tertiary alicyclic amines) is 1. The molecule has 1 saturated heterocycles. The van der Waals surface area contributed by atoms with Crippen molar-refractivity contribution in [2.24, 2.45) is 5.41 Å². The maximum atomic E-state index is 14.0. The van der Waals surface area contributed by atoms with Crippen LogP contribution in [0.25, 0.3) is 0 Å². The summed E-state index contributed by atoms with van der Waals surface area (Å²) < 4.78 is 27.1. The molecule has 1 fully saturated rings. The molecule has 128 valence electrons. The fraction of sp³-hybridized carbons (Fsp3) is 0.421. The molecule has 5 heteroatoms. The molecule has 1 aromatic carbocycles. The number of pyridine rings is 1. The zero-order valence-corrected chi connectivity index (χ0v) is 13.6. The van der Waals surface area contributed by atoms with Crippen LogP contribution in [0.3, 0.4) is 0 Å². The van der Waals surface area contributed by atoms with Crippen LogP contribution in [0.1, 0.15) is 24.0 Å². The van der Waals surface area contributed by atoms with Gasteiger partial charge in [0.1, 0.15) is 11.6 Å². The van der Waals surface area contributed by atoms with E-state index in [1.54, 1.807) is 12.4 Å². The highest BCUT2D eigenvalue weighted by molar-refractivity contribution is 5.21. The summed E-state index contributed by atoms with van der Waals surface area (Å²) in [6, 6.07) is 7.65. The van der Waals surface area contributed by atoms with Crippen molar-refractivity contribution >= 4 is 0 Å². The van der Waals surface area contributed by atoms with Gasteiger partial charge in [0, 0.05) is 37.0 Å². The Bertz CT molecular complexity index is 680. The van der Waals surface area contributed by atoms with Crippen LogP contribution in [0.5, 0.6) is 0 Å². The van der Waals surface area contributed by atoms with Crippen molar-refractivity contribution in [3.8, 4) is 0 Å². The molecule has 0 saturated carbocycles. The Morgan fingerprint density at radius 1 is 1.17 bits per heavy atom. The summed E-state index contributed by atoms with van der Waals surface area (Å²) in [7, 11) is 0. The summed E-state index contributed by atoms with van der Waals surface area (Å²) in [4.78, 5) is 6.31. The topological polar surface area (TPSA) is 36.4 Å². The number of hydrogen-bond donors (Lipinski definition) is 1. The standard InChI is InChI=1S/C19H22F2N2O/c20-17-3-2-16(18(21)10-17)11-19(14-24)6-1-9-23(13-19)12-15-4-7-22-8-5-15/h2-5,7-8,10,24H,1,6,9,11-14H2. The van der Waals surface area contributed by atoms with Crippen LogP contribution in [-0.4, -0.2) is 34.7 Å². The first-order valence-corrected chi connectivity index (χ1v) is 8.26. The van der Waals surface area contributed by atoms with E-state index in [4.69, 9.17) is 0 Å². The molecular weight excluding hydrogens is 310 g/mol. The highest BCUT2D eigenvalue weighted by atomic mass is 19.1. The lowest BCUT2D eigenvalue weighted by Crippen LogP contribution is -2.46. The Kier molecular flexibility index (Phi) is 5.21. The molecule has 1 unspecified atom stereocenters. The molecule has 0 radical (unpaired) electrons. The molecule has 24 heavy (non-hydrogen) atoms. The molecule has 0 spiro atoms. The van der Waals surface area contributed by atoms with Gasteiger partial charge in [-0.3, -0.25) is 9.88 Å². The molecule has 0 amide bonds. The average Bonchev–Trinajstić information content (AvgIpc) is 2.59. The highest BCUT2D eigenvalue weighted by Gasteiger charge is 2.35. The van der Waals surface area contributed by atoms with Gasteiger partial charge >= 0.3 is 0 Å². The maximum Gasteiger partial charge on any atom is 0.129 e. The number of halogens is 2. The van der Waals surface area contributed by atoms with Gasteiger partial charge in [-0.15, -0.1) is 0 Å². The number of rotatable bonds is 5. The van der Waals surface area contributed by atoms with Crippen molar-refractivity contribution in [3.63, 3.8) is 0 Å². The predicted molar refractivity (Wildman–Crippen MR) is 88.3 cm³/mol. The predicted octanol–water partition coefficient (Wildman–Crippen LogP) is 3.18. The number of benzene rings is 1. The molecule has 3 nitrogen and oxygen atoms in total. The summed E-state index contributed by atoms with van der Waals surface area (Å²) in [5, 5.41) is 10.00. The Hall–Kier alpha value is -1.85. The molecule has 1 aliphatic heterocycles. The molecule has 2 aromatic rings. The van der Waals surface area contributed by atoms with Crippen molar-refractivity contribution < 1.29 is 13.9 Å². The third-order valence-electron chi connectivity index (χ3n) is 4.81. The van der Waals surface area contributed by atoms with Crippen LogP contribution in [0.4, 0.5) is 8.78 Å². The lowest BCUT2D eigenvalue weighted by molar-refractivity contribution is 0.0282. The second kappa shape index (κ2) is 7.36. The number of nitrogens with zero attached hydrogens (tertiary/aromatic N) is 2. The summed E-state index contributed by atoms with van der Waals surface area (Å²) in [5.41, 5.74) is 1.26. The number of aromatic nitrogens is 1. The third-order valence-corrected chi connectivity index (χ3v) is 4.81. The van der Waals surface area contributed by atoms with E-state index in [1.807, 2.05) is 12.1 Å². The molecule has 1 atom stereocenters. The fourth-order valence-electron chi connectivity index (χ4n) is 3.59. The van der Waals surface area contributed by atoms with Crippen LogP contribution < -0.4 is 0 Å². The fourth-order valence-corrected chi connectivity index (χ4v) is 3.59. The van der Waals surface area contributed by atoms with Crippen molar-refractivity contribution in [1.29, 1.82) is 0 Å². The lowest BCUT2D eigenvalue weighted by Gasteiger charge is -2.42. The number of aliphatic hydroxyl groups is 1. The second-order valence-electron chi connectivity index (χ2n) is 6.74. The first kappa shape index (κ1) is 17.0. The van der Waals surface area contributed by atoms with Crippen LogP contribution in [-0.2, 0) is 13.0 Å². The Balaban J connectivity index is 1.73. The summed E-state index contributed by atoms with van der Waals surface area (Å²) >= 11 is 0. The van der Waals surface area contributed by atoms with E-state index < -0.39 is 11.6 Å². The zero-order chi connectivity index (χ0) is 17.0. The van der Waals surface area contributed by atoms with Crippen molar-refractivity contribution in [3.05, 3.63) is 65.5 Å². The van der Waals surface area contributed by atoms with Crippen LogP contribution in [0.15, 0.2) is 42.7 Å². The van der Waals surface area contributed by atoms with Gasteiger partial charge in [-0.05, 0) is 55.1 Å². The Labute approximate surface area is 141 Å². The number of hydrogen-bond acceptors (Lipinski definition) is 3. The molecular formula is C19H22F2N2O. The SMILES string of the molecule is OCC1(Cc2ccc(F)cc2F)CCCN(Cc2ccncc2)C1. The minimum absolute atomic E-state index is 0.00331. The van der Waals surface area contributed by atoms with E-state index in [9.17, 15) is 13.9 Å². The molecule has 0 bridgehead atoms. The molecule has 1 aromatic heterocycles. The summed E-state index contributed by atoms with van der Waals surface area (Å²) in [5.74, 6) is -1.11. The smallest absolute Gasteiger partial charge is 0.129 e. The first-order valence-electron chi connectivity index (χ1n) is 8.26. The Morgan fingerprint density at radius 3 is 2.67 bits per heavy atom. The quantitative estimate of drug-likeness (QED) is 0.914.